The fourth-order valence-electron chi connectivity index (χ4n) is 1.58. The number of unbranched alkanes of at least 4 members (excludes halogenated alkanes) is 1. The van der Waals surface area contributed by atoms with Crippen LogP contribution in [0.3, 0.4) is 0 Å². The van der Waals surface area contributed by atoms with Gasteiger partial charge in [0.05, 0.1) is 0 Å². The van der Waals surface area contributed by atoms with E-state index in [-0.39, 0.29) is 18.0 Å². The molecule has 0 saturated heterocycles. The minimum absolute atomic E-state index is 0.0303. The van der Waals surface area contributed by atoms with Crippen molar-refractivity contribution in [3.05, 3.63) is 22.0 Å². The Morgan fingerprint density at radius 2 is 2.00 bits per heavy atom. The van der Waals surface area contributed by atoms with Crippen LogP contribution in [0.15, 0.2) is 15.8 Å². The van der Waals surface area contributed by atoms with E-state index in [0.717, 1.165) is 17.1 Å². The molecule has 0 amide bonds. The number of aromatic hydroxyl groups is 1. The second-order valence-corrected chi connectivity index (χ2v) is 5.16. The van der Waals surface area contributed by atoms with E-state index in [0.29, 0.717) is 6.42 Å². The Hall–Kier alpha value is -1.34. The van der Waals surface area contributed by atoms with Crippen molar-refractivity contribution in [2.24, 2.45) is 0 Å². The van der Waals surface area contributed by atoms with Gasteiger partial charge in [0.2, 0.25) is 0 Å². The first kappa shape index (κ1) is 13.7. The van der Waals surface area contributed by atoms with Gasteiger partial charge in [-0.1, -0.05) is 13.3 Å². The zero-order valence-corrected chi connectivity index (χ0v) is 10.5. The van der Waals surface area contributed by atoms with Gasteiger partial charge in [0.25, 0.3) is 15.7 Å². The molecule has 0 aliphatic rings. The molecule has 0 unspecified atom stereocenters. The summed E-state index contributed by atoms with van der Waals surface area (Å²) in [5.41, 5.74) is -0.860. The Morgan fingerprint density at radius 1 is 1.41 bits per heavy atom. The minimum Gasteiger partial charge on any atom is -0.494 e. The Morgan fingerprint density at radius 3 is 2.47 bits per heavy atom. The van der Waals surface area contributed by atoms with Crippen LogP contribution in [0, 0.1) is 6.92 Å². The maximum atomic E-state index is 11.8. The normalized spacial score (nSPS) is 11.7. The Labute approximate surface area is 99.3 Å². The van der Waals surface area contributed by atoms with Crippen molar-refractivity contribution in [3.8, 4) is 5.88 Å². The Bertz CT molecular complexity index is 573. The van der Waals surface area contributed by atoms with Gasteiger partial charge in [-0.15, -0.1) is 0 Å². The molecule has 6 nitrogen and oxygen atoms in total. The maximum absolute atomic E-state index is 11.8. The van der Waals surface area contributed by atoms with E-state index in [2.05, 4.69) is 0 Å². The Balaban J connectivity index is 3.50. The van der Waals surface area contributed by atoms with Crippen LogP contribution in [-0.2, 0) is 16.7 Å². The number of pyridine rings is 1. The van der Waals surface area contributed by atoms with Crippen LogP contribution in [-0.4, -0.2) is 22.6 Å². The molecular weight excluding hydrogens is 246 g/mol. The Kier molecular flexibility index (Phi) is 3.94. The van der Waals surface area contributed by atoms with E-state index >= 15 is 0 Å². The predicted octanol–water partition coefficient (Wildman–Crippen LogP) is 0.909. The van der Waals surface area contributed by atoms with Crippen molar-refractivity contribution in [2.45, 2.75) is 38.1 Å². The third-order valence-electron chi connectivity index (χ3n) is 2.41. The summed E-state index contributed by atoms with van der Waals surface area (Å²) in [6, 6.07) is 1.15. The maximum Gasteiger partial charge on any atom is 0.300 e. The molecule has 0 saturated carbocycles. The average Bonchev–Trinajstić information content (AvgIpc) is 2.14. The van der Waals surface area contributed by atoms with Gasteiger partial charge in [0.1, 0.15) is 0 Å². The van der Waals surface area contributed by atoms with Crippen LogP contribution < -0.4 is 5.56 Å². The molecule has 1 aromatic rings. The van der Waals surface area contributed by atoms with E-state index in [4.69, 9.17) is 4.55 Å². The quantitative estimate of drug-likeness (QED) is 0.785. The zero-order valence-electron chi connectivity index (χ0n) is 9.67. The second kappa shape index (κ2) is 4.89. The monoisotopic (exact) mass is 261 g/mol. The summed E-state index contributed by atoms with van der Waals surface area (Å²) in [5, 5.41) is 9.58. The third-order valence-corrected chi connectivity index (χ3v) is 3.43. The molecule has 2 N–H and O–H groups in total. The van der Waals surface area contributed by atoms with E-state index in [1.165, 1.54) is 6.92 Å². The molecule has 1 heterocycles. The van der Waals surface area contributed by atoms with Crippen LogP contribution in [0.1, 0.15) is 25.3 Å². The van der Waals surface area contributed by atoms with E-state index in [1.54, 1.807) is 0 Å². The molecule has 96 valence electrons. The van der Waals surface area contributed by atoms with E-state index in [9.17, 15) is 18.3 Å². The highest BCUT2D eigenvalue weighted by Crippen LogP contribution is 2.16. The number of nitrogens with zero attached hydrogens (tertiary/aromatic N) is 1. The smallest absolute Gasteiger partial charge is 0.300 e. The number of aryl methyl sites for hydroxylation is 1. The predicted molar refractivity (Wildman–Crippen MR) is 61.8 cm³/mol. The van der Waals surface area contributed by atoms with Crippen LogP contribution >= 0.6 is 0 Å². The van der Waals surface area contributed by atoms with Gasteiger partial charge in [0.15, 0.2) is 10.8 Å². The lowest BCUT2D eigenvalue weighted by molar-refractivity contribution is 0.396. The molecule has 0 spiro atoms. The first-order chi connectivity index (χ1) is 7.79. The number of rotatable bonds is 4. The summed E-state index contributed by atoms with van der Waals surface area (Å²) in [7, 11) is -4.57. The fourth-order valence-corrected chi connectivity index (χ4v) is 2.38. The summed E-state index contributed by atoms with van der Waals surface area (Å²) in [6.07, 6.45) is 1.42. The summed E-state index contributed by atoms with van der Waals surface area (Å²) in [5.74, 6) is -0.298. The van der Waals surface area contributed by atoms with Crippen molar-refractivity contribution in [1.82, 2.24) is 4.57 Å². The molecule has 0 fully saturated rings. The zero-order chi connectivity index (χ0) is 13.2. The molecule has 7 heteroatoms. The highest BCUT2D eigenvalue weighted by Gasteiger charge is 2.21. The second-order valence-electron chi connectivity index (χ2n) is 3.80. The summed E-state index contributed by atoms with van der Waals surface area (Å²) in [4.78, 5) is 11.2. The van der Waals surface area contributed by atoms with Gasteiger partial charge in [-0.3, -0.25) is 13.9 Å². The van der Waals surface area contributed by atoms with Crippen molar-refractivity contribution in [1.29, 1.82) is 0 Å². The molecule has 0 bridgehead atoms. The lowest BCUT2D eigenvalue weighted by atomic mass is 10.2. The van der Waals surface area contributed by atoms with E-state index in [1.807, 2.05) is 6.92 Å². The van der Waals surface area contributed by atoms with Crippen LogP contribution in [0.5, 0.6) is 5.88 Å². The SMILES string of the molecule is CCCCn1c(O)cc(C)c(S(=O)(=O)O)c1=O. The van der Waals surface area contributed by atoms with Crippen LogP contribution in [0.2, 0.25) is 0 Å². The van der Waals surface area contributed by atoms with E-state index < -0.39 is 20.6 Å². The van der Waals surface area contributed by atoms with Crippen molar-refractivity contribution in [3.63, 3.8) is 0 Å². The standard InChI is InChI=1S/C10H15NO5S/c1-3-4-5-11-8(12)6-7(2)9(10(11)13)17(14,15)16/h6,12H,3-5H2,1-2H3,(H,14,15,16). The van der Waals surface area contributed by atoms with Gasteiger partial charge in [0, 0.05) is 12.6 Å². The molecule has 0 radical (unpaired) electrons. The van der Waals surface area contributed by atoms with Gasteiger partial charge < -0.3 is 5.11 Å². The number of hydrogen-bond acceptors (Lipinski definition) is 4. The summed E-state index contributed by atoms with van der Waals surface area (Å²) < 4.78 is 32.1. The minimum atomic E-state index is -4.57. The molecule has 0 atom stereocenters. The van der Waals surface area contributed by atoms with Crippen LogP contribution in [0.25, 0.3) is 0 Å². The third kappa shape index (κ3) is 2.86. The number of hydrogen-bond donors (Lipinski definition) is 2. The topological polar surface area (TPSA) is 96.6 Å². The van der Waals surface area contributed by atoms with Crippen molar-refractivity contribution < 1.29 is 18.1 Å². The van der Waals surface area contributed by atoms with Crippen LogP contribution in [0.4, 0.5) is 0 Å². The lowest BCUT2D eigenvalue weighted by Gasteiger charge is -2.11. The molecule has 0 aliphatic heterocycles. The van der Waals surface area contributed by atoms with Gasteiger partial charge >= 0.3 is 0 Å². The first-order valence-corrected chi connectivity index (χ1v) is 6.64. The summed E-state index contributed by atoms with van der Waals surface area (Å²) >= 11 is 0. The highest BCUT2D eigenvalue weighted by molar-refractivity contribution is 7.85. The molecule has 0 aromatic carbocycles. The van der Waals surface area contributed by atoms with Crippen molar-refractivity contribution in [2.75, 3.05) is 0 Å². The molecule has 1 rings (SSSR count). The van der Waals surface area contributed by atoms with Crippen molar-refractivity contribution >= 4 is 10.1 Å². The molecule has 1 aromatic heterocycles. The lowest BCUT2D eigenvalue weighted by Crippen LogP contribution is -2.27. The van der Waals surface area contributed by atoms with Gasteiger partial charge in [-0.05, 0) is 18.9 Å². The fraction of sp³-hybridized carbons (Fsp3) is 0.500. The first-order valence-electron chi connectivity index (χ1n) is 5.20. The molecule has 17 heavy (non-hydrogen) atoms. The highest BCUT2D eigenvalue weighted by atomic mass is 32.2. The number of aromatic nitrogens is 1. The largest absolute Gasteiger partial charge is 0.494 e. The van der Waals surface area contributed by atoms with Gasteiger partial charge in [-0.25, -0.2) is 0 Å². The molecule has 0 aliphatic carbocycles. The summed E-state index contributed by atoms with van der Waals surface area (Å²) in [6.45, 7) is 3.46. The average molecular weight is 261 g/mol. The molecular formula is C10H15NO5S. The van der Waals surface area contributed by atoms with Gasteiger partial charge in [-0.2, -0.15) is 8.42 Å².